The summed E-state index contributed by atoms with van der Waals surface area (Å²) in [6, 6.07) is 6.73. The van der Waals surface area contributed by atoms with Gasteiger partial charge in [0.2, 0.25) is 0 Å². The van der Waals surface area contributed by atoms with Crippen LogP contribution in [0.5, 0.6) is 0 Å². The van der Waals surface area contributed by atoms with Gasteiger partial charge in [-0.05, 0) is 25.1 Å². The van der Waals surface area contributed by atoms with E-state index in [1.54, 1.807) is 18.3 Å². The number of aryl methyl sites for hydroxylation is 1. The Morgan fingerprint density at radius 1 is 1.50 bits per heavy atom. The van der Waals surface area contributed by atoms with E-state index in [4.69, 9.17) is 28.5 Å². The molecule has 0 atom stereocenters. The Morgan fingerprint density at radius 3 is 2.90 bits per heavy atom. The maximum atomic E-state index is 12.0. The summed E-state index contributed by atoms with van der Waals surface area (Å²) in [5.41, 5.74) is 1.84. The van der Waals surface area contributed by atoms with Crippen LogP contribution in [0.2, 0.25) is 5.02 Å². The molecule has 0 amide bonds. The summed E-state index contributed by atoms with van der Waals surface area (Å²) in [6.07, 6.45) is 1.61. The minimum absolute atomic E-state index is 0.0960. The molecule has 0 aliphatic rings. The van der Waals surface area contributed by atoms with Gasteiger partial charge in [0.05, 0.1) is 18.1 Å². The molecule has 0 aliphatic carbocycles. The van der Waals surface area contributed by atoms with Crippen molar-refractivity contribution in [2.75, 3.05) is 0 Å². The Bertz CT molecular complexity index is 747. The predicted octanol–water partition coefficient (Wildman–Crippen LogP) is 2.86. The van der Waals surface area contributed by atoms with Gasteiger partial charge < -0.3 is 4.57 Å². The van der Waals surface area contributed by atoms with E-state index in [2.05, 4.69) is 4.98 Å². The van der Waals surface area contributed by atoms with Crippen LogP contribution in [0.3, 0.4) is 0 Å². The second-order valence-electron chi connectivity index (χ2n) is 4.27. The number of nitriles is 1. The van der Waals surface area contributed by atoms with Crippen LogP contribution in [0.1, 0.15) is 22.5 Å². The fourth-order valence-electron chi connectivity index (χ4n) is 1.90. The normalized spacial score (nSPS) is 10.3. The Hall–Kier alpha value is -1.83. The molecule has 0 N–H and O–H groups in total. The quantitative estimate of drug-likeness (QED) is 0.819. The van der Waals surface area contributed by atoms with E-state index in [-0.39, 0.29) is 23.5 Å². The van der Waals surface area contributed by atoms with Gasteiger partial charge in [-0.3, -0.25) is 9.78 Å². The first-order chi connectivity index (χ1) is 9.56. The zero-order chi connectivity index (χ0) is 14.7. The van der Waals surface area contributed by atoms with Gasteiger partial charge in [-0.25, -0.2) is 0 Å². The average Bonchev–Trinajstić information content (AvgIpc) is 2.41. The maximum absolute atomic E-state index is 12.0. The molecule has 0 aliphatic heterocycles. The highest BCUT2D eigenvalue weighted by Crippen LogP contribution is 2.22. The van der Waals surface area contributed by atoms with Crippen molar-refractivity contribution < 1.29 is 0 Å². The molecule has 0 fully saturated rings. The molecular weight excluding hydrogens is 297 g/mol. The second-order valence-corrected chi connectivity index (χ2v) is 4.95. The number of hydrogen-bond acceptors (Lipinski definition) is 3. The molecular formula is C14H11Cl2N3O. The lowest BCUT2D eigenvalue weighted by Crippen LogP contribution is -2.23. The number of hydrogen-bond donors (Lipinski definition) is 0. The van der Waals surface area contributed by atoms with E-state index >= 15 is 0 Å². The molecule has 0 spiro atoms. The van der Waals surface area contributed by atoms with Gasteiger partial charge in [-0.2, -0.15) is 5.26 Å². The van der Waals surface area contributed by atoms with E-state index in [9.17, 15) is 4.79 Å². The van der Waals surface area contributed by atoms with Gasteiger partial charge in [0.15, 0.2) is 0 Å². The van der Waals surface area contributed by atoms with Crippen LogP contribution in [-0.4, -0.2) is 9.55 Å². The van der Waals surface area contributed by atoms with E-state index in [0.717, 1.165) is 5.69 Å². The molecule has 20 heavy (non-hydrogen) atoms. The Morgan fingerprint density at radius 2 is 2.25 bits per heavy atom. The molecule has 0 bridgehead atoms. The molecule has 0 radical (unpaired) electrons. The van der Waals surface area contributed by atoms with Crippen molar-refractivity contribution in [1.82, 2.24) is 9.55 Å². The van der Waals surface area contributed by atoms with Gasteiger partial charge in [-0.1, -0.05) is 11.6 Å². The summed E-state index contributed by atoms with van der Waals surface area (Å²) in [5.74, 6) is 0.216. The lowest BCUT2D eigenvalue weighted by atomic mass is 10.2. The second kappa shape index (κ2) is 6.08. The van der Waals surface area contributed by atoms with Crippen LogP contribution in [0, 0.1) is 18.3 Å². The number of rotatable bonds is 3. The molecule has 2 aromatic rings. The average molecular weight is 308 g/mol. The summed E-state index contributed by atoms with van der Waals surface area (Å²) in [4.78, 5) is 16.4. The van der Waals surface area contributed by atoms with E-state index in [0.29, 0.717) is 16.3 Å². The van der Waals surface area contributed by atoms with Gasteiger partial charge >= 0.3 is 0 Å². The van der Waals surface area contributed by atoms with Crippen LogP contribution in [0.4, 0.5) is 0 Å². The first-order valence-corrected chi connectivity index (χ1v) is 6.78. The Labute approximate surface area is 126 Å². The fourth-order valence-corrected chi connectivity index (χ4v) is 2.60. The molecule has 0 saturated carbocycles. The molecule has 0 unspecified atom stereocenters. The van der Waals surface area contributed by atoms with Crippen molar-refractivity contribution >= 4 is 23.2 Å². The van der Waals surface area contributed by atoms with E-state index < -0.39 is 0 Å². The van der Waals surface area contributed by atoms with Crippen LogP contribution in [0.15, 0.2) is 29.2 Å². The van der Waals surface area contributed by atoms with Crippen LogP contribution < -0.4 is 5.56 Å². The summed E-state index contributed by atoms with van der Waals surface area (Å²) >= 11 is 12.0. The molecule has 2 rings (SSSR count). The molecule has 0 aromatic carbocycles. The first kappa shape index (κ1) is 14.6. The summed E-state index contributed by atoms with van der Waals surface area (Å²) in [6.45, 7) is 2.06. The number of halogens is 2. The summed E-state index contributed by atoms with van der Waals surface area (Å²) in [5, 5.41) is 9.41. The van der Waals surface area contributed by atoms with Crippen molar-refractivity contribution in [2.24, 2.45) is 0 Å². The lowest BCUT2D eigenvalue weighted by molar-refractivity contribution is 0.728. The minimum Gasteiger partial charge on any atom is -0.308 e. The van der Waals surface area contributed by atoms with Crippen molar-refractivity contribution in [3.05, 3.63) is 62.3 Å². The summed E-state index contributed by atoms with van der Waals surface area (Å²) < 4.78 is 1.42. The molecule has 6 heteroatoms. The Balaban J connectivity index is 2.51. The van der Waals surface area contributed by atoms with E-state index in [1.807, 2.05) is 13.0 Å². The van der Waals surface area contributed by atoms with Gasteiger partial charge in [0.1, 0.15) is 11.6 Å². The van der Waals surface area contributed by atoms with E-state index in [1.165, 1.54) is 10.6 Å². The Kier molecular flexibility index (Phi) is 4.43. The molecule has 2 heterocycles. The molecule has 0 saturated heterocycles. The van der Waals surface area contributed by atoms with Crippen LogP contribution in [-0.2, 0) is 12.4 Å². The van der Waals surface area contributed by atoms with Crippen LogP contribution >= 0.6 is 23.2 Å². The van der Waals surface area contributed by atoms with Crippen molar-refractivity contribution in [3.63, 3.8) is 0 Å². The van der Waals surface area contributed by atoms with Gasteiger partial charge in [0, 0.05) is 22.5 Å². The fraction of sp³-hybridized carbons (Fsp3) is 0.214. The zero-order valence-electron chi connectivity index (χ0n) is 10.7. The molecule has 4 nitrogen and oxygen atoms in total. The standard InChI is InChI=1S/C14H11Cl2N3O/c1-9-5-12(16)11(6-15)13(18-9)8-19-4-2-3-10(7-17)14(19)20/h2-5H,6,8H2,1H3. The highest BCUT2D eigenvalue weighted by atomic mass is 35.5. The smallest absolute Gasteiger partial charge is 0.268 e. The monoisotopic (exact) mass is 307 g/mol. The zero-order valence-corrected chi connectivity index (χ0v) is 12.2. The number of pyridine rings is 2. The molecule has 2 aromatic heterocycles. The number of aromatic nitrogens is 2. The third kappa shape index (κ3) is 2.84. The maximum Gasteiger partial charge on any atom is 0.268 e. The van der Waals surface area contributed by atoms with Gasteiger partial charge in [0.25, 0.3) is 5.56 Å². The number of nitrogens with zero attached hydrogens (tertiary/aromatic N) is 3. The number of alkyl halides is 1. The topological polar surface area (TPSA) is 58.7 Å². The van der Waals surface area contributed by atoms with Crippen molar-refractivity contribution in [3.8, 4) is 6.07 Å². The molecule has 102 valence electrons. The first-order valence-electron chi connectivity index (χ1n) is 5.87. The lowest BCUT2D eigenvalue weighted by Gasteiger charge is -2.11. The third-order valence-electron chi connectivity index (χ3n) is 2.88. The highest BCUT2D eigenvalue weighted by molar-refractivity contribution is 6.32. The predicted molar refractivity (Wildman–Crippen MR) is 78.1 cm³/mol. The van der Waals surface area contributed by atoms with Crippen molar-refractivity contribution in [1.29, 1.82) is 5.26 Å². The largest absolute Gasteiger partial charge is 0.308 e. The third-order valence-corrected chi connectivity index (χ3v) is 3.48. The van der Waals surface area contributed by atoms with Crippen molar-refractivity contribution in [2.45, 2.75) is 19.3 Å². The SMILES string of the molecule is Cc1cc(Cl)c(CCl)c(Cn2cccc(C#N)c2=O)n1. The summed E-state index contributed by atoms with van der Waals surface area (Å²) in [7, 11) is 0. The highest BCUT2D eigenvalue weighted by Gasteiger charge is 2.11. The van der Waals surface area contributed by atoms with Crippen LogP contribution in [0.25, 0.3) is 0 Å². The van der Waals surface area contributed by atoms with Gasteiger partial charge in [-0.15, -0.1) is 11.6 Å². The minimum atomic E-state index is -0.352.